The minimum absolute atomic E-state index is 0.0556. The molecule has 0 aliphatic heterocycles. The number of aryl methyl sites for hydroxylation is 4. The van der Waals surface area contributed by atoms with Crippen LogP contribution in [0.3, 0.4) is 0 Å². The smallest absolute Gasteiger partial charge is 0.273 e. The molecule has 0 radical (unpaired) electrons. The zero-order valence-electron chi connectivity index (χ0n) is 9.46. The molecule has 0 fully saturated rings. The summed E-state index contributed by atoms with van der Waals surface area (Å²) < 4.78 is 1.74. The summed E-state index contributed by atoms with van der Waals surface area (Å²) in [6, 6.07) is 2.10. The molecule has 2 aromatic heterocycles. The lowest BCUT2D eigenvalue weighted by atomic mass is 10.1. The van der Waals surface area contributed by atoms with Gasteiger partial charge in [0.25, 0.3) is 5.56 Å². The van der Waals surface area contributed by atoms with Crippen molar-refractivity contribution in [3.63, 3.8) is 0 Å². The largest absolute Gasteiger partial charge is 0.278 e. The van der Waals surface area contributed by atoms with Crippen molar-refractivity contribution in [3.8, 4) is 0 Å². The van der Waals surface area contributed by atoms with Crippen molar-refractivity contribution in [2.75, 3.05) is 0 Å². The van der Waals surface area contributed by atoms with Gasteiger partial charge in [0.2, 0.25) is 0 Å². The lowest BCUT2D eigenvalue weighted by molar-refractivity contribution is 0.953. The first-order valence-corrected chi connectivity index (χ1v) is 4.97. The van der Waals surface area contributed by atoms with Gasteiger partial charge >= 0.3 is 0 Å². The fraction of sp³-hybridized carbons (Fsp3) is 0.333. The Morgan fingerprint density at radius 3 is 2.47 bits per heavy atom. The van der Waals surface area contributed by atoms with Gasteiger partial charge < -0.3 is 0 Å². The third-order valence-electron chi connectivity index (χ3n) is 2.87. The average Bonchev–Trinajstić information content (AvgIpc) is 2.18. The van der Waals surface area contributed by atoms with Crippen LogP contribution >= 0.6 is 0 Å². The van der Waals surface area contributed by atoms with Crippen LogP contribution in [0.2, 0.25) is 0 Å². The molecule has 0 N–H and O–H groups in total. The minimum Gasteiger partial charge on any atom is -0.278 e. The number of hydrogen-bond acceptors (Lipinski definition) is 2. The summed E-state index contributed by atoms with van der Waals surface area (Å²) in [7, 11) is 0. The summed E-state index contributed by atoms with van der Waals surface area (Å²) in [6.07, 6.45) is 1.38. The second-order valence-electron chi connectivity index (χ2n) is 3.96. The topological polar surface area (TPSA) is 34.4 Å². The highest BCUT2D eigenvalue weighted by atomic mass is 16.1. The van der Waals surface area contributed by atoms with E-state index in [0.29, 0.717) is 0 Å². The molecule has 0 aliphatic rings. The lowest BCUT2D eigenvalue weighted by Gasteiger charge is -2.12. The van der Waals surface area contributed by atoms with Gasteiger partial charge in [-0.25, -0.2) is 0 Å². The Bertz CT molecular complexity index is 597. The standard InChI is InChI=1S/C12H14N2O/c1-7-5-8(2)12-9(3)13-6-11(15)14(12)10(7)4/h5-6H,1-4H3. The quantitative estimate of drug-likeness (QED) is 0.654. The number of fused-ring (bicyclic) bond motifs is 1. The van der Waals surface area contributed by atoms with Crippen molar-refractivity contribution < 1.29 is 0 Å². The maximum atomic E-state index is 11.8. The maximum absolute atomic E-state index is 11.8. The molecule has 0 unspecified atom stereocenters. The van der Waals surface area contributed by atoms with E-state index in [1.54, 1.807) is 4.40 Å². The fourth-order valence-electron chi connectivity index (χ4n) is 2.01. The molecule has 0 aromatic carbocycles. The van der Waals surface area contributed by atoms with Gasteiger partial charge in [0.15, 0.2) is 0 Å². The Kier molecular flexibility index (Phi) is 2.11. The monoisotopic (exact) mass is 202 g/mol. The van der Waals surface area contributed by atoms with Gasteiger partial charge in [-0.2, -0.15) is 0 Å². The zero-order chi connectivity index (χ0) is 11.2. The van der Waals surface area contributed by atoms with E-state index in [0.717, 1.165) is 28.0 Å². The molecule has 0 saturated carbocycles. The van der Waals surface area contributed by atoms with Crippen molar-refractivity contribution in [3.05, 3.63) is 45.1 Å². The molecule has 2 rings (SSSR count). The molecule has 3 nitrogen and oxygen atoms in total. The molecule has 2 aromatic rings. The van der Waals surface area contributed by atoms with Gasteiger partial charge in [-0.15, -0.1) is 0 Å². The lowest BCUT2D eigenvalue weighted by Crippen LogP contribution is -2.18. The van der Waals surface area contributed by atoms with Crippen molar-refractivity contribution in [2.24, 2.45) is 0 Å². The van der Waals surface area contributed by atoms with Gasteiger partial charge in [0, 0.05) is 5.69 Å². The predicted molar refractivity (Wildman–Crippen MR) is 60.4 cm³/mol. The van der Waals surface area contributed by atoms with Gasteiger partial charge in [-0.3, -0.25) is 14.2 Å². The first-order valence-electron chi connectivity index (χ1n) is 4.97. The molecule has 0 bridgehead atoms. The van der Waals surface area contributed by atoms with E-state index in [4.69, 9.17) is 0 Å². The highest BCUT2D eigenvalue weighted by molar-refractivity contribution is 5.59. The van der Waals surface area contributed by atoms with Crippen molar-refractivity contribution in [1.82, 2.24) is 9.38 Å². The Balaban J connectivity index is 3.16. The van der Waals surface area contributed by atoms with E-state index in [9.17, 15) is 4.79 Å². The number of aromatic nitrogens is 2. The molecule has 15 heavy (non-hydrogen) atoms. The van der Waals surface area contributed by atoms with Crippen LogP contribution in [0.4, 0.5) is 0 Å². The Morgan fingerprint density at radius 1 is 1.13 bits per heavy atom. The first-order chi connectivity index (χ1) is 7.02. The molecule has 0 atom stereocenters. The van der Waals surface area contributed by atoms with Crippen LogP contribution in [0.5, 0.6) is 0 Å². The third-order valence-corrected chi connectivity index (χ3v) is 2.87. The van der Waals surface area contributed by atoms with Crippen LogP contribution in [0.15, 0.2) is 17.1 Å². The van der Waals surface area contributed by atoms with Gasteiger partial charge in [-0.1, -0.05) is 6.07 Å². The Hall–Kier alpha value is -1.64. The van der Waals surface area contributed by atoms with Crippen LogP contribution in [-0.2, 0) is 0 Å². The van der Waals surface area contributed by atoms with E-state index in [1.807, 2.05) is 27.7 Å². The number of rotatable bonds is 0. The minimum atomic E-state index is -0.0556. The van der Waals surface area contributed by atoms with Crippen LogP contribution in [0.1, 0.15) is 22.5 Å². The Labute approximate surface area is 88.4 Å². The zero-order valence-corrected chi connectivity index (χ0v) is 9.46. The summed E-state index contributed by atoms with van der Waals surface area (Å²) in [5.74, 6) is 0. The van der Waals surface area contributed by atoms with E-state index in [1.165, 1.54) is 6.20 Å². The predicted octanol–water partition coefficient (Wildman–Crippen LogP) is 1.93. The Morgan fingerprint density at radius 2 is 1.80 bits per heavy atom. The molecule has 3 heteroatoms. The molecule has 0 saturated heterocycles. The van der Waals surface area contributed by atoms with Crippen LogP contribution < -0.4 is 5.56 Å². The summed E-state index contributed by atoms with van der Waals surface area (Å²) in [6.45, 7) is 7.92. The normalized spacial score (nSPS) is 10.9. The molecule has 78 valence electrons. The van der Waals surface area contributed by atoms with Crippen molar-refractivity contribution in [2.45, 2.75) is 27.7 Å². The van der Waals surface area contributed by atoms with E-state index in [-0.39, 0.29) is 5.56 Å². The highest BCUT2D eigenvalue weighted by Gasteiger charge is 2.08. The van der Waals surface area contributed by atoms with E-state index >= 15 is 0 Å². The fourth-order valence-corrected chi connectivity index (χ4v) is 2.01. The highest BCUT2D eigenvalue weighted by Crippen LogP contribution is 2.16. The number of hydrogen-bond donors (Lipinski definition) is 0. The van der Waals surface area contributed by atoms with E-state index in [2.05, 4.69) is 11.1 Å². The molecule has 0 spiro atoms. The van der Waals surface area contributed by atoms with Gasteiger partial charge in [-0.05, 0) is 38.8 Å². The third kappa shape index (κ3) is 1.35. The summed E-state index contributed by atoms with van der Waals surface area (Å²) in [5.41, 5.74) is 5.00. The molecular weight excluding hydrogens is 188 g/mol. The molecule has 2 heterocycles. The van der Waals surface area contributed by atoms with Crippen molar-refractivity contribution in [1.29, 1.82) is 0 Å². The average molecular weight is 202 g/mol. The second-order valence-corrected chi connectivity index (χ2v) is 3.96. The van der Waals surface area contributed by atoms with Crippen LogP contribution in [0.25, 0.3) is 5.52 Å². The first kappa shape index (κ1) is 9.90. The summed E-state index contributed by atoms with van der Waals surface area (Å²) in [5, 5.41) is 0. The van der Waals surface area contributed by atoms with Crippen LogP contribution in [-0.4, -0.2) is 9.38 Å². The number of pyridine rings is 1. The maximum Gasteiger partial charge on any atom is 0.273 e. The van der Waals surface area contributed by atoms with Gasteiger partial charge in [0.05, 0.1) is 17.4 Å². The molecular formula is C12H14N2O. The second kappa shape index (κ2) is 3.19. The van der Waals surface area contributed by atoms with Crippen molar-refractivity contribution >= 4 is 5.52 Å². The van der Waals surface area contributed by atoms with Crippen LogP contribution in [0, 0.1) is 27.7 Å². The SMILES string of the molecule is Cc1cc(C)c2c(C)ncc(=O)n2c1C. The van der Waals surface area contributed by atoms with Gasteiger partial charge in [0.1, 0.15) is 0 Å². The summed E-state index contributed by atoms with van der Waals surface area (Å²) in [4.78, 5) is 15.9. The summed E-state index contributed by atoms with van der Waals surface area (Å²) >= 11 is 0. The molecule has 0 aliphatic carbocycles. The number of nitrogens with zero attached hydrogens (tertiary/aromatic N) is 2. The molecule has 0 amide bonds. The van der Waals surface area contributed by atoms with E-state index < -0.39 is 0 Å².